The smallest absolute Gasteiger partial charge is 0.326 e. The number of amides is 1. The van der Waals surface area contributed by atoms with Crippen molar-refractivity contribution in [3.05, 3.63) is 59.3 Å². The van der Waals surface area contributed by atoms with Gasteiger partial charge in [-0.05, 0) is 62.3 Å². The van der Waals surface area contributed by atoms with Crippen LogP contribution in [0.3, 0.4) is 0 Å². The number of anilines is 1. The molecule has 0 radical (unpaired) electrons. The number of hydrogen-bond acceptors (Lipinski definition) is 7. The van der Waals surface area contributed by atoms with Crippen molar-refractivity contribution in [1.82, 2.24) is 20.1 Å². The van der Waals surface area contributed by atoms with Gasteiger partial charge in [0.15, 0.2) is 0 Å². The highest BCUT2D eigenvalue weighted by molar-refractivity contribution is 5.87. The summed E-state index contributed by atoms with van der Waals surface area (Å²) in [7, 11) is 0. The van der Waals surface area contributed by atoms with Crippen LogP contribution < -0.4 is 10.6 Å². The van der Waals surface area contributed by atoms with Gasteiger partial charge < -0.3 is 25.4 Å². The molecule has 3 aliphatic rings. The van der Waals surface area contributed by atoms with Gasteiger partial charge in [0.1, 0.15) is 11.9 Å². The van der Waals surface area contributed by atoms with Gasteiger partial charge in [0.2, 0.25) is 5.91 Å². The second kappa shape index (κ2) is 13.4. The van der Waals surface area contributed by atoms with Crippen molar-refractivity contribution < 1.29 is 19.4 Å². The summed E-state index contributed by atoms with van der Waals surface area (Å²) in [6, 6.07) is 13.2. The number of rotatable bonds is 12. The number of nitrogens with one attached hydrogen (secondary N) is 2. The van der Waals surface area contributed by atoms with E-state index in [2.05, 4.69) is 44.7 Å². The second-order valence-electron chi connectivity index (χ2n) is 11.0. The number of pyridine rings is 1. The Labute approximate surface area is 230 Å². The molecule has 3 atom stereocenters. The molecule has 3 N–H and O–H groups in total. The molecule has 0 saturated carbocycles. The van der Waals surface area contributed by atoms with E-state index in [0.29, 0.717) is 26.1 Å². The first kappa shape index (κ1) is 27.6. The highest BCUT2D eigenvalue weighted by Crippen LogP contribution is 2.22. The minimum atomic E-state index is -0.977. The highest BCUT2D eigenvalue weighted by Gasteiger charge is 2.33. The van der Waals surface area contributed by atoms with Gasteiger partial charge in [-0.2, -0.15) is 0 Å². The first-order chi connectivity index (χ1) is 19.0. The lowest BCUT2D eigenvalue weighted by Crippen LogP contribution is -2.50. The Morgan fingerprint density at radius 3 is 2.85 bits per heavy atom. The maximum Gasteiger partial charge on any atom is 0.326 e. The molecule has 0 bridgehead atoms. The molecule has 1 aromatic heterocycles. The van der Waals surface area contributed by atoms with E-state index < -0.39 is 12.0 Å². The number of aliphatic carboxylic acids is 1. The first-order valence-electron chi connectivity index (χ1n) is 14.4. The van der Waals surface area contributed by atoms with E-state index >= 15 is 0 Å². The number of nitrogens with zero attached hydrogens (tertiary/aromatic N) is 3. The van der Waals surface area contributed by atoms with Gasteiger partial charge in [-0.15, -0.1) is 0 Å². The number of carbonyl (C=O) groups excluding carboxylic acids is 1. The fourth-order valence-corrected chi connectivity index (χ4v) is 5.94. The van der Waals surface area contributed by atoms with Crippen LogP contribution in [0.25, 0.3) is 0 Å². The maximum absolute atomic E-state index is 13.1. The summed E-state index contributed by atoms with van der Waals surface area (Å²) in [6.07, 6.45) is 6.17. The molecule has 9 heteroatoms. The molecule has 5 rings (SSSR count). The van der Waals surface area contributed by atoms with Gasteiger partial charge in [-0.3, -0.25) is 9.69 Å². The molecule has 2 fully saturated rings. The molecule has 0 aliphatic carbocycles. The molecule has 1 amide bonds. The van der Waals surface area contributed by atoms with Crippen molar-refractivity contribution in [2.45, 2.75) is 69.7 Å². The number of aromatic nitrogens is 1. The quantitative estimate of drug-likeness (QED) is 0.381. The normalized spacial score (nSPS) is 22.3. The predicted molar refractivity (Wildman–Crippen MR) is 150 cm³/mol. The zero-order valence-corrected chi connectivity index (χ0v) is 22.7. The zero-order chi connectivity index (χ0) is 27.0. The summed E-state index contributed by atoms with van der Waals surface area (Å²) in [5.74, 6) is -0.137. The minimum Gasteiger partial charge on any atom is -0.480 e. The second-order valence-corrected chi connectivity index (χ2v) is 11.0. The van der Waals surface area contributed by atoms with Crippen LogP contribution in [-0.2, 0) is 33.7 Å². The minimum absolute atomic E-state index is 0.142. The van der Waals surface area contributed by atoms with E-state index in [1.807, 2.05) is 18.2 Å². The molecule has 3 aliphatic heterocycles. The van der Waals surface area contributed by atoms with Crippen LogP contribution in [0.1, 0.15) is 48.9 Å². The number of likely N-dealkylation sites (tertiary alicyclic amines) is 2. The van der Waals surface area contributed by atoms with Crippen LogP contribution in [0, 0.1) is 0 Å². The van der Waals surface area contributed by atoms with Crippen LogP contribution in [0.2, 0.25) is 0 Å². The first-order valence-corrected chi connectivity index (χ1v) is 14.4. The monoisotopic (exact) mass is 535 g/mol. The molecule has 1 aromatic carbocycles. The fraction of sp³-hybridized carbons (Fsp3) is 0.567. The van der Waals surface area contributed by atoms with Crippen LogP contribution in [0.4, 0.5) is 5.82 Å². The van der Waals surface area contributed by atoms with E-state index in [1.165, 1.54) is 5.56 Å². The molecule has 3 unspecified atom stereocenters. The average molecular weight is 536 g/mol. The standard InChI is InChI=1S/C30H41N5O4/c36-29(27-9-5-16-35(27)20-22-6-2-1-3-7-22)33-26(30(37)38)13-18-34-17-12-25(21-34)39-19-14-24-11-10-23-8-4-15-31-28(23)32-24/h1-3,6-7,10-11,25-27H,4-5,8-9,12-21H2,(H,31,32)(H,33,36)(H,37,38). The molecule has 2 saturated heterocycles. The number of benzene rings is 1. The van der Waals surface area contributed by atoms with Gasteiger partial charge in [0, 0.05) is 44.8 Å². The Balaban J connectivity index is 1.03. The topological polar surface area (TPSA) is 107 Å². The van der Waals surface area contributed by atoms with Gasteiger partial charge in [0.05, 0.1) is 18.8 Å². The molecule has 9 nitrogen and oxygen atoms in total. The average Bonchev–Trinajstić information content (AvgIpc) is 3.61. The SMILES string of the molecule is O=C(O)C(CCN1CCC(OCCc2ccc3c(n2)NCCC3)C1)NC(=O)C1CCCN1Cc1ccccc1. The Morgan fingerprint density at radius 1 is 1.13 bits per heavy atom. The molecular weight excluding hydrogens is 494 g/mol. The number of carboxylic acid groups (broad SMARTS) is 1. The van der Waals surface area contributed by atoms with Crippen LogP contribution in [-0.4, -0.2) is 89.3 Å². The molecule has 39 heavy (non-hydrogen) atoms. The summed E-state index contributed by atoms with van der Waals surface area (Å²) in [4.78, 5) is 34.2. The van der Waals surface area contributed by atoms with Crippen LogP contribution in [0.15, 0.2) is 42.5 Å². The van der Waals surface area contributed by atoms with E-state index in [-0.39, 0.29) is 18.1 Å². The number of carbonyl (C=O) groups is 2. The number of aryl methyl sites for hydroxylation is 1. The lowest BCUT2D eigenvalue weighted by Gasteiger charge is -2.26. The Hall–Kier alpha value is -3.01. The lowest BCUT2D eigenvalue weighted by atomic mass is 10.1. The van der Waals surface area contributed by atoms with Crippen LogP contribution in [0.5, 0.6) is 0 Å². The van der Waals surface area contributed by atoms with E-state index in [4.69, 9.17) is 9.72 Å². The van der Waals surface area contributed by atoms with Gasteiger partial charge in [0.25, 0.3) is 0 Å². The highest BCUT2D eigenvalue weighted by atomic mass is 16.5. The molecule has 2 aromatic rings. The van der Waals surface area contributed by atoms with E-state index in [1.54, 1.807) is 0 Å². The number of ether oxygens (including phenoxy) is 1. The van der Waals surface area contributed by atoms with Gasteiger partial charge in [-0.25, -0.2) is 9.78 Å². The van der Waals surface area contributed by atoms with E-state index in [9.17, 15) is 14.7 Å². The largest absolute Gasteiger partial charge is 0.480 e. The molecule has 0 spiro atoms. The fourth-order valence-electron chi connectivity index (χ4n) is 5.94. The molecule has 4 heterocycles. The third kappa shape index (κ3) is 7.56. The summed E-state index contributed by atoms with van der Waals surface area (Å²) in [5.41, 5.74) is 3.50. The molecule has 210 valence electrons. The van der Waals surface area contributed by atoms with Crippen molar-refractivity contribution in [1.29, 1.82) is 0 Å². The van der Waals surface area contributed by atoms with E-state index in [0.717, 1.165) is 81.8 Å². The predicted octanol–water partition coefficient (Wildman–Crippen LogP) is 2.70. The van der Waals surface area contributed by atoms with Crippen molar-refractivity contribution in [2.75, 3.05) is 44.6 Å². The zero-order valence-electron chi connectivity index (χ0n) is 22.7. The van der Waals surface area contributed by atoms with Crippen molar-refractivity contribution in [3.8, 4) is 0 Å². The summed E-state index contributed by atoms with van der Waals surface area (Å²) in [6.45, 7) is 5.43. The maximum atomic E-state index is 13.1. The lowest BCUT2D eigenvalue weighted by molar-refractivity contribution is -0.142. The number of carboxylic acids is 1. The Morgan fingerprint density at radius 2 is 2.00 bits per heavy atom. The van der Waals surface area contributed by atoms with Crippen molar-refractivity contribution >= 4 is 17.7 Å². The van der Waals surface area contributed by atoms with Crippen molar-refractivity contribution in [2.24, 2.45) is 0 Å². The summed E-state index contributed by atoms with van der Waals surface area (Å²) < 4.78 is 6.13. The third-order valence-corrected chi connectivity index (χ3v) is 8.14. The van der Waals surface area contributed by atoms with Crippen molar-refractivity contribution in [3.63, 3.8) is 0 Å². The van der Waals surface area contributed by atoms with Gasteiger partial charge >= 0.3 is 5.97 Å². The summed E-state index contributed by atoms with van der Waals surface area (Å²) in [5, 5.41) is 16.0. The Bertz CT molecular complexity index is 1110. The van der Waals surface area contributed by atoms with Crippen LogP contribution >= 0.6 is 0 Å². The summed E-state index contributed by atoms with van der Waals surface area (Å²) >= 11 is 0. The molecular formula is C30H41N5O4. The number of fused-ring (bicyclic) bond motifs is 1. The third-order valence-electron chi connectivity index (χ3n) is 8.14. The van der Waals surface area contributed by atoms with Gasteiger partial charge in [-0.1, -0.05) is 36.4 Å². The number of hydrogen-bond donors (Lipinski definition) is 3. The Kier molecular flexibility index (Phi) is 9.44.